The van der Waals surface area contributed by atoms with Gasteiger partial charge >= 0.3 is 0 Å². The number of rotatable bonds is 5. The van der Waals surface area contributed by atoms with E-state index < -0.39 is 5.56 Å². The molecule has 6 nitrogen and oxygen atoms in total. The second-order valence-corrected chi connectivity index (χ2v) is 5.48. The highest BCUT2D eigenvalue weighted by molar-refractivity contribution is 6.32. The molecule has 1 fully saturated rings. The van der Waals surface area contributed by atoms with Crippen LogP contribution in [0.3, 0.4) is 0 Å². The average Bonchev–Trinajstić information content (AvgIpc) is 2.47. The molecule has 0 amide bonds. The Bertz CT molecular complexity index is 506. The minimum atomic E-state index is -0.415. The molecule has 0 bridgehead atoms. The van der Waals surface area contributed by atoms with Gasteiger partial charge in [-0.05, 0) is 12.8 Å². The van der Waals surface area contributed by atoms with Crippen molar-refractivity contribution < 1.29 is 10.2 Å². The highest BCUT2D eigenvalue weighted by Gasteiger charge is 2.25. The number of aliphatic hydroxyl groups excluding tert-OH is 2. The number of hydrogen-bond donors (Lipinski definition) is 3. The number of aliphatic hydroxyl groups is 2. The quantitative estimate of drug-likeness (QED) is 0.750. The number of nitrogens with one attached hydrogen (secondary N) is 1. The summed E-state index contributed by atoms with van der Waals surface area (Å²) in [5.41, 5.74) is 0.0817. The highest BCUT2D eigenvalue weighted by Crippen LogP contribution is 2.28. The van der Waals surface area contributed by atoms with Crippen molar-refractivity contribution in [2.24, 2.45) is 5.92 Å². The third kappa shape index (κ3) is 3.31. The van der Waals surface area contributed by atoms with Gasteiger partial charge in [-0.15, -0.1) is 0 Å². The zero-order valence-corrected chi connectivity index (χ0v) is 12.0. The molecule has 1 aromatic heterocycles. The summed E-state index contributed by atoms with van der Waals surface area (Å²) in [6.07, 6.45) is 5.64. The molecule has 7 heteroatoms. The van der Waals surface area contributed by atoms with Crippen LogP contribution in [0.1, 0.15) is 25.7 Å². The molecule has 112 valence electrons. The van der Waals surface area contributed by atoms with Crippen LogP contribution in [-0.4, -0.2) is 39.2 Å². The summed E-state index contributed by atoms with van der Waals surface area (Å²) >= 11 is 6.06. The van der Waals surface area contributed by atoms with E-state index in [1.165, 1.54) is 6.20 Å². The number of aromatic nitrogens is 2. The molecule has 0 radical (unpaired) electrons. The van der Waals surface area contributed by atoms with E-state index in [2.05, 4.69) is 10.4 Å². The maximum atomic E-state index is 11.9. The van der Waals surface area contributed by atoms with Gasteiger partial charge in [0.1, 0.15) is 5.02 Å². The van der Waals surface area contributed by atoms with E-state index in [9.17, 15) is 9.90 Å². The SMILES string of the molecule is O=c1c(Cl)c(NC2CCCCC2CO)cnn1CCO. The van der Waals surface area contributed by atoms with E-state index in [-0.39, 0.29) is 36.7 Å². The molecule has 0 aliphatic heterocycles. The van der Waals surface area contributed by atoms with Gasteiger partial charge in [0.05, 0.1) is 25.0 Å². The Hall–Kier alpha value is -1.11. The summed E-state index contributed by atoms with van der Waals surface area (Å²) in [6, 6.07) is 0.112. The third-order valence-corrected chi connectivity index (χ3v) is 4.15. The van der Waals surface area contributed by atoms with Gasteiger partial charge in [-0.2, -0.15) is 5.10 Å². The molecule has 2 unspecified atom stereocenters. The molecular formula is C13H20ClN3O3. The van der Waals surface area contributed by atoms with Crippen molar-refractivity contribution in [3.8, 4) is 0 Å². The molecule has 1 saturated carbocycles. The number of hydrogen-bond acceptors (Lipinski definition) is 5. The predicted molar refractivity (Wildman–Crippen MR) is 77.0 cm³/mol. The summed E-state index contributed by atoms with van der Waals surface area (Å²) in [6.45, 7) is 0.0943. The first kappa shape index (κ1) is 15.3. The largest absolute Gasteiger partial charge is 0.396 e. The van der Waals surface area contributed by atoms with Crippen molar-refractivity contribution in [2.75, 3.05) is 18.5 Å². The first-order valence-corrected chi connectivity index (χ1v) is 7.29. The van der Waals surface area contributed by atoms with Crippen molar-refractivity contribution >= 4 is 17.3 Å². The Labute approximate surface area is 122 Å². The lowest BCUT2D eigenvalue weighted by Crippen LogP contribution is -2.35. The molecule has 0 aromatic carbocycles. The molecule has 1 aliphatic rings. The fraction of sp³-hybridized carbons (Fsp3) is 0.692. The van der Waals surface area contributed by atoms with Crippen LogP contribution >= 0.6 is 11.6 Å². The van der Waals surface area contributed by atoms with Crippen molar-refractivity contribution in [3.05, 3.63) is 21.6 Å². The lowest BCUT2D eigenvalue weighted by molar-refractivity contribution is 0.178. The Balaban J connectivity index is 2.17. The topological polar surface area (TPSA) is 87.4 Å². The van der Waals surface area contributed by atoms with Crippen molar-refractivity contribution in [1.82, 2.24) is 9.78 Å². The maximum Gasteiger partial charge on any atom is 0.287 e. The zero-order valence-electron chi connectivity index (χ0n) is 11.3. The zero-order chi connectivity index (χ0) is 14.5. The monoisotopic (exact) mass is 301 g/mol. The van der Waals surface area contributed by atoms with Gasteiger partial charge in [0.2, 0.25) is 0 Å². The predicted octanol–water partition coefficient (Wildman–Crippen LogP) is 0.852. The van der Waals surface area contributed by atoms with Crippen LogP contribution in [0.4, 0.5) is 5.69 Å². The molecule has 1 aromatic rings. The molecular weight excluding hydrogens is 282 g/mol. The summed E-state index contributed by atoms with van der Waals surface area (Å²) in [7, 11) is 0. The summed E-state index contributed by atoms with van der Waals surface area (Å²) in [4.78, 5) is 11.9. The van der Waals surface area contributed by atoms with Crippen LogP contribution in [-0.2, 0) is 6.54 Å². The first-order chi connectivity index (χ1) is 9.67. The van der Waals surface area contributed by atoms with Gasteiger partial charge < -0.3 is 15.5 Å². The van der Waals surface area contributed by atoms with Crippen molar-refractivity contribution in [3.63, 3.8) is 0 Å². The molecule has 20 heavy (non-hydrogen) atoms. The molecule has 2 rings (SSSR count). The third-order valence-electron chi connectivity index (χ3n) is 3.78. The lowest BCUT2D eigenvalue weighted by Gasteiger charge is -2.31. The van der Waals surface area contributed by atoms with E-state index in [1.807, 2.05) is 0 Å². The Kier molecular flexibility index (Phi) is 5.39. The van der Waals surface area contributed by atoms with Crippen LogP contribution < -0.4 is 10.9 Å². The van der Waals surface area contributed by atoms with Crippen LogP contribution in [0.5, 0.6) is 0 Å². The molecule has 0 spiro atoms. The van der Waals surface area contributed by atoms with Gasteiger partial charge in [-0.25, -0.2) is 4.68 Å². The van der Waals surface area contributed by atoms with E-state index in [0.717, 1.165) is 30.4 Å². The minimum Gasteiger partial charge on any atom is -0.396 e. The fourth-order valence-corrected chi connectivity index (χ4v) is 2.84. The Morgan fingerprint density at radius 2 is 2.15 bits per heavy atom. The van der Waals surface area contributed by atoms with Gasteiger partial charge in [0.25, 0.3) is 5.56 Å². The Morgan fingerprint density at radius 1 is 1.40 bits per heavy atom. The van der Waals surface area contributed by atoms with E-state index in [1.54, 1.807) is 0 Å². The van der Waals surface area contributed by atoms with Crippen LogP contribution in [0, 0.1) is 5.92 Å². The highest BCUT2D eigenvalue weighted by atomic mass is 35.5. The van der Waals surface area contributed by atoms with Crippen molar-refractivity contribution in [1.29, 1.82) is 0 Å². The summed E-state index contributed by atoms with van der Waals surface area (Å²) in [5, 5.41) is 25.5. The van der Waals surface area contributed by atoms with E-state index in [4.69, 9.17) is 16.7 Å². The summed E-state index contributed by atoms with van der Waals surface area (Å²) < 4.78 is 1.14. The van der Waals surface area contributed by atoms with Crippen LogP contribution in [0.15, 0.2) is 11.0 Å². The van der Waals surface area contributed by atoms with E-state index >= 15 is 0 Å². The van der Waals surface area contributed by atoms with Gasteiger partial charge in [0.15, 0.2) is 0 Å². The lowest BCUT2D eigenvalue weighted by atomic mass is 9.85. The smallest absolute Gasteiger partial charge is 0.287 e. The van der Waals surface area contributed by atoms with Gasteiger partial charge in [0, 0.05) is 18.6 Å². The molecule has 0 saturated heterocycles. The first-order valence-electron chi connectivity index (χ1n) is 6.91. The second kappa shape index (κ2) is 7.06. The summed E-state index contributed by atoms with van der Waals surface area (Å²) in [5.74, 6) is 0.180. The van der Waals surface area contributed by atoms with Gasteiger partial charge in [-0.1, -0.05) is 24.4 Å². The Morgan fingerprint density at radius 3 is 2.85 bits per heavy atom. The van der Waals surface area contributed by atoms with E-state index in [0.29, 0.717) is 5.69 Å². The number of halogens is 1. The molecule has 1 aliphatic carbocycles. The standard InChI is InChI=1S/C13H20ClN3O3/c14-12-11(7-15-17(5-6-18)13(12)20)16-10-4-2-1-3-9(10)8-19/h7,9-10,16,18-19H,1-6,8H2. The van der Waals surface area contributed by atoms with Gasteiger partial charge in [-0.3, -0.25) is 4.79 Å². The number of anilines is 1. The average molecular weight is 302 g/mol. The normalized spacial score (nSPS) is 22.8. The second-order valence-electron chi connectivity index (χ2n) is 5.10. The fourth-order valence-electron chi connectivity index (χ4n) is 2.64. The molecule has 3 N–H and O–H groups in total. The van der Waals surface area contributed by atoms with Crippen molar-refractivity contribution in [2.45, 2.75) is 38.3 Å². The van der Waals surface area contributed by atoms with Crippen LogP contribution in [0.2, 0.25) is 5.02 Å². The maximum absolute atomic E-state index is 11.9. The van der Waals surface area contributed by atoms with Crippen LogP contribution in [0.25, 0.3) is 0 Å². The molecule has 1 heterocycles. The number of nitrogens with zero attached hydrogens (tertiary/aromatic N) is 2. The molecule has 2 atom stereocenters. The minimum absolute atomic E-state index is 0.0794.